The number of aromatic amines is 1. The summed E-state index contributed by atoms with van der Waals surface area (Å²) in [5.74, 6) is -4.89. The van der Waals surface area contributed by atoms with Crippen LogP contribution >= 0.6 is 11.8 Å². The van der Waals surface area contributed by atoms with E-state index in [1.165, 1.54) is 32.4 Å². The molecule has 0 aromatic carbocycles. The van der Waals surface area contributed by atoms with Crippen LogP contribution in [0.1, 0.15) is 49.4 Å². The van der Waals surface area contributed by atoms with E-state index in [1.54, 1.807) is 13.8 Å². The van der Waals surface area contributed by atoms with Crippen LogP contribution in [0.3, 0.4) is 0 Å². The zero-order chi connectivity index (χ0) is 21.0. The lowest BCUT2D eigenvalue weighted by atomic mass is 10.1. The molecular formula is C18H18F2N2O5S. The number of Topliss-reactive ketones (excluding diaryl/α,β-unsaturated/α-hetero) is 1. The number of thioether (sulfide) groups is 1. The Kier molecular flexibility index (Phi) is 6.90. The average Bonchev–Trinajstić information content (AvgIpc) is 2.94. The normalized spacial score (nSPS) is 12.0. The molecule has 0 aliphatic carbocycles. The van der Waals surface area contributed by atoms with Crippen LogP contribution in [-0.2, 0) is 9.47 Å². The van der Waals surface area contributed by atoms with Gasteiger partial charge in [0, 0.05) is 11.9 Å². The number of aryl methyl sites for hydroxylation is 1. The van der Waals surface area contributed by atoms with Gasteiger partial charge in [-0.15, -0.1) is 0 Å². The van der Waals surface area contributed by atoms with E-state index in [9.17, 15) is 23.2 Å². The number of methoxy groups -OCH3 is 1. The molecule has 0 fully saturated rings. The highest BCUT2D eigenvalue weighted by molar-refractivity contribution is 7.99. The van der Waals surface area contributed by atoms with Crippen molar-refractivity contribution in [3.63, 3.8) is 0 Å². The van der Waals surface area contributed by atoms with Crippen molar-refractivity contribution < 1.29 is 32.6 Å². The van der Waals surface area contributed by atoms with Gasteiger partial charge >= 0.3 is 11.9 Å². The van der Waals surface area contributed by atoms with Crippen LogP contribution in [0.5, 0.6) is 0 Å². The zero-order valence-electron chi connectivity index (χ0n) is 15.5. The van der Waals surface area contributed by atoms with Crippen molar-refractivity contribution in [3.8, 4) is 0 Å². The van der Waals surface area contributed by atoms with Gasteiger partial charge in [-0.05, 0) is 50.2 Å². The fourth-order valence-electron chi connectivity index (χ4n) is 2.61. The molecule has 2 heterocycles. The molecule has 10 heteroatoms. The monoisotopic (exact) mass is 412 g/mol. The first-order chi connectivity index (χ1) is 13.2. The average molecular weight is 412 g/mol. The molecule has 0 unspecified atom stereocenters. The predicted molar refractivity (Wildman–Crippen MR) is 96.9 cm³/mol. The first-order valence-corrected chi connectivity index (χ1v) is 8.97. The number of hydrogen-bond donors (Lipinski definition) is 1. The molecule has 0 spiro atoms. The molecule has 0 saturated carbocycles. The fraction of sp³-hybridized carbons (Fsp3) is 0.333. The summed E-state index contributed by atoms with van der Waals surface area (Å²) < 4.78 is 35.1. The highest BCUT2D eigenvalue weighted by Crippen LogP contribution is 2.27. The second-order valence-corrected chi connectivity index (χ2v) is 6.74. The Morgan fingerprint density at radius 1 is 1.21 bits per heavy atom. The number of carbonyl (C=O) groups excluding carboxylic acids is 3. The SMILES string of the molecule is COC(=O)c1c(C)[nH]c(C(=O)[C@H](C)OC(=O)c2cccnc2SC(F)F)c1C. The summed E-state index contributed by atoms with van der Waals surface area (Å²) in [6.45, 7) is 4.52. The van der Waals surface area contributed by atoms with E-state index >= 15 is 0 Å². The van der Waals surface area contributed by atoms with E-state index in [0.29, 0.717) is 11.3 Å². The van der Waals surface area contributed by atoms with Crippen LogP contribution < -0.4 is 0 Å². The number of nitrogens with one attached hydrogen (secondary N) is 1. The number of pyridine rings is 1. The van der Waals surface area contributed by atoms with Gasteiger partial charge in [0.2, 0.25) is 5.78 Å². The van der Waals surface area contributed by atoms with Crippen molar-refractivity contribution in [2.45, 2.75) is 37.7 Å². The van der Waals surface area contributed by atoms with Crippen molar-refractivity contribution >= 4 is 29.5 Å². The van der Waals surface area contributed by atoms with Crippen LogP contribution in [0.25, 0.3) is 0 Å². The quantitative estimate of drug-likeness (QED) is 0.422. The van der Waals surface area contributed by atoms with E-state index in [0.717, 1.165) is 0 Å². The Morgan fingerprint density at radius 2 is 1.89 bits per heavy atom. The number of ketones is 1. The van der Waals surface area contributed by atoms with Crippen LogP contribution in [0.2, 0.25) is 0 Å². The largest absolute Gasteiger partial charge is 0.465 e. The number of carbonyl (C=O) groups is 3. The van der Waals surface area contributed by atoms with Gasteiger partial charge in [-0.25, -0.2) is 14.6 Å². The number of aromatic nitrogens is 2. The van der Waals surface area contributed by atoms with E-state index in [1.807, 2.05) is 0 Å². The standard InChI is InChI=1S/C18H18F2N2O5S/c1-8-12(17(25)26-4)9(2)22-13(8)14(23)10(3)27-16(24)11-6-5-7-21-15(11)28-18(19)20/h5-7,10,18,22H,1-4H3/t10-/m0/s1. The summed E-state index contributed by atoms with van der Waals surface area (Å²) >= 11 is 0.111. The van der Waals surface area contributed by atoms with Gasteiger partial charge in [-0.2, -0.15) is 8.78 Å². The lowest BCUT2D eigenvalue weighted by Crippen LogP contribution is -2.25. The molecule has 28 heavy (non-hydrogen) atoms. The molecule has 7 nitrogen and oxygen atoms in total. The first kappa shape index (κ1) is 21.5. The highest BCUT2D eigenvalue weighted by Gasteiger charge is 2.28. The summed E-state index contributed by atoms with van der Waals surface area (Å²) in [6.07, 6.45) is 0.0505. The topological polar surface area (TPSA) is 98.4 Å². The van der Waals surface area contributed by atoms with Gasteiger partial charge in [-0.1, -0.05) is 0 Å². The van der Waals surface area contributed by atoms with Crippen LogP contribution in [-0.4, -0.2) is 46.7 Å². The van der Waals surface area contributed by atoms with Gasteiger partial charge in [0.05, 0.1) is 23.9 Å². The Morgan fingerprint density at radius 3 is 2.50 bits per heavy atom. The summed E-state index contributed by atoms with van der Waals surface area (Å²) in [5.41, 5.74) is 0.975. The minimum Gasteiger partial charge on any atom is -0.465 e. The maximum Gasteiger partial charge on any atom is 0.341 e. The minimum atomic E-state index is -2.76. The number of hydrogen-bond acceptors (Lipinski definition) is 7. The number of ether oxygens (including phenoxy) is 2. The summed E-state index contributed by atoms with van der Waals surface area (Å²) in [5, 5.41) is -0.193. The smallest absolute Gasteiger partial charge is 0.341 e. The summed E-state index contributed by atoms with van der Waals surface area (Å²) in [6, 6.07) is 2.69. The van der Waals surface area contributed by atoms with Gasteiger partial charge in [-0.3, -0.25) is 4.79 Å². The molecule has 2 aromatic heterocycles. The molecule has 1 atom stereocenters. The Labute approximate surface area is 163 Å². The molecule has 2 rings (SSSR count). The zero-order valence-corrected chi connectivity index (χ0v) is 16.4. The Hall–Kier alpha value is -2.75. The van der Waals surface area contributed by atoms with E-state index in [-0.39, 0.29) is 33.6 Å². The van der Waals surface area contributed by atoms with Gasteiger partial charge in [0.15, 0.2) is 6.10 Å². The first-order valence-electron chi connectivity index (χ1n) is 8.09. The Bertz CT molecular complexity index is 913. The lowest BCUT2D eigenvalue weighted by Gasteiger charge is -2.13. The van der Waals surface area contributed by atoms with Crippen molar-refractivity contribution in [1.82, 2.24) is 9.97 Å². The third-order valence-corrected chi connectivity index (χ3v) is 4.65. The maximum atomic E-state index is 12.7. The minimum absolute atomic E-state index is 0.103. The summed E-state index contributed by atoms with van der Waals surface area (Å²) in [4.78, 5) is 43.4. The molecule has 0 amide bonds. The number of rotatable bonds is 7. The number of nitrogens with zero attached hydrogens (tertiary/aromatic N) is 1. The van der Waals surface area contributed by atoms with Crippen LogP contribution in [0.15, 0.2) is 23.4 Å². The third kappa shape index (κ3) is 4.56. The van der Waals surface area contributed by atoms with Crippen LogP contribution in [0, 0.1) is 13.8 Å². The van der Waals surface area contributed by atoms with Crippen molar-refractivity contribution in [2.75, 3.05) is 7.11 Å². The Balaban J connectivity index is 2.22. The predicted octanol–water partition coefficient (Wildman–Crippen LogP) is 3.56. The molecule has 0 aliphatic rings. The highest BCUT2D eigenvalue weighted by atomic mass is 32.2. The van der Waals surface area contributed by atoms with E-state index in [2.05, 4.69) is 9.97 Å². The number of halogens is 2. The van der Waals surface area contributed by atoms with Crippen molar-refractivity contribution in [3.05, 3.63) is 46.4 Å². The van der Waals surface area contributed by atoms with Crippen LogP contribution in [0.4, 0.5) is 8.78 Å². The maximum absolute atomic E-state index is 12.7. The molecule has 0 bridgehead atoms. The molecular weight excluding hydrogens is 394 g/mol. The molecule has 0 saturated heterocycles. The van der Waals surface area contributed by atoms with E-state index in [4.69, 9.17) is 9.47 Å². The molecule has 2 aromatic rings. The fourth-order valence-corrected chi connectivity index (χ4v) is 3.18. The summed E-state index contributed by atoms with van der Waals surface area (Å²) in [7, 11) is 1.23. The van der Waals surface area contributed by atoms with Crippen molar-refractivity contribution in [2.24, 2.45) is 0 Å². The van der Waals surface area contributed by atoms with Crippen molar-refractivity contribution in [1.29, 1.82) is 0 Å². The van der Waals surface area contributed by atoms with Gasteiger partial charge in [0.25, 0.3) is 5.76 Å². The van der Waals surface area contributed by atoms with Gasteiger partial charge in [0.1, 0.15) is 5.03 Å². The number of alkyl halides is 2. The third-order valence-electron chi connectivity index (χ3n) is 3.92. The second kappa shape index (κ2) is 8.96. The second-order valence-electron chi connectivity index (χ2n) is 5.76. The molecule has 0 radical (unpaired) electrons. The van der Waals surface area contributed by atoms with Gasteiger partial charge < -0.3 is 14.5 Å². The van der Waals surface area contributed by atoms with E-state index < -0.39 is 29.6 Å². The molecule has 0 aliphatic heterocycles. The number of H-pyrrole nitrogens is 1. The number of esters is 2. The molecule has 150 valence electrons. The lowest BCUT2D eigenvalue weighted by molar-refractivity contribution is 0.0312. The molecule has 1 N–H and O–H groups in total.